The molecule has 1 unspecified atom stereocenters. The van der Waals surface area contributed by atoms with Crippen molar-refractivity contribution in [2.45, 2.75) is 59.0 Å². The molecule has 0 aliphatic carbocycles. The molecule has 0 saturated heterocycles. The molecule has 3 nitrogen and oxygen atoms in total. The van der Waals surface area contributed by atoms with Gasteiger partial charge >= 0.3 is 5.97 Å². The van der Waals surface area contributed by atoms with Gasteiger partial charge in [0.25, 0.3) is 0 Å². The third kappa shape index (κ3) is 12.6. The Bertz CT molecular complexity index is 512. The predicted molar refractivity (Wildman–Crippen MR) is 99.2 cm³/mol. The highest BCUT2D eigenvalue weighted by atomic mass is 16.5. The lowest BCUT2D eigenvalue weighted by Crippen LogP contribution is -2.24. The van der Waals surface area contributed by atoms with Crippen molar-refractivity contribution in [3.8, 4) is 24.7 Å². The number of rotatable bonds is 11. The van der Waals surface area contributed by atoms with Crippen molar-refractivity contribution in [2.75, 3.05) is 13.2 Å². The second-order valence-electron chi connectivity index (χ2n) is 6.59. The molecule has 0 amide bonds. The number of esters is 1. The Kier molecular flexibility index (Phi) is 11.4. The van der Waals surface area contributed by atoms with Crippen LogP contribution in [0.1, 0.15) is 53.4 Å². The van der Waals surface area contributed by atoms with Gasteiger partial charge in [-0.2, -0.15) is 0 Å². The molecule has 0 N–H and O–H groups in total. The highest BCUT2D eigenvalue weighted by Gasteiger charge is 2.17. The van der Waals surface area contributed by atoms with Gasteiger partial charge in [-0.05, 0) is 45.1 Å². The van der Waals surface area contributed by atoms with Gasteiger partial charge in [0.15, 0.2) is 6.61 Å². The minimum atomic E-state index is -0.405. The molecule has 132 valence electrons. The second kappa shape index (κ2) is 12.5. The number of terminal acetylenes is 2. The summed E-state index contributed by atoms with van der Waals surface area (Å²) in [6.07, 6.45) is 19.9. The quantitative estimate of drug-likeness (QED) is 0.245. The van der Waals surface area contributed by atoms with Gasteiger partial charge in [0, 0.05) is 6.08 Å². The summed E-state index contributed by atoms with van der Waals surface area (Å²) in [6, 6.07) is 0. The van der Waals surface area contributed by atoms with Crippen LogP contribution in [0.3, 0.4) is 0 Å². The van der Waals surface area contributed by atoms with E-state index in [1.807, 2.05) is 13.0 Å². The fraction of sp³-hybridized carbons (Fsp3) is 0.571. The molecule has 0 saturated carbocycles. The van der Waals surface area contributed by atoms with Crippen LogP contribution in [-0.2, 0) is 14.3 Å². The molecule has 0 aliphatic rings. The number of carbonyl (C=O) groups is 1. The largest absolute Gasteiger partial charge is 0.449 e. The summed E-state index contributed by atoms with van der Waals surface area (Å²) >= 11 is 0. The van der Waals surface area contributed by atoms with Crippen LogP contribution in [0.5, 0.6) is 0 Å². The van der Waals surface area contributed by atoms with Crippen molar-refractivity contribution in [1.82, 2.24) is 0 Å². The first kappa shape index (κ1) is 22.0. The summed E-state index contributed by atoms with van der Waals surface area (Å²) in [6.45, 7) is 8.60. The second-order valence-corrected chi connectivity index (χ2v) is 6.59. The number of hydrogen-bond acceptors (Lipinski definition) is 3. The minimum Gasteiger partial charge on any atom is -0.449 e. The lowest BCUT2D eigenvalue weighted by atomic mass is 9.94. The van der Waals surface area contributed by atoms with Gasteiger partial charge in [0.05, 0.1) is 5.60 Å². The van der Waals surface area contributed by atoms with Gasteiger partial charge in [0.1, 0.15) is 6.61 Å². The summed E-state index contributed by atoms with van der Waals surface area (Å²) in [5, 5.41) is 0. The van der Waals surface area contributed by atoms with Crippen LogP contribution in [0.25, 0.3) is 0 Å². The van der Waals surface area contributed by atoms with E-state index < -0.39 is 5.97 Å². The highest BCUT2D eigenvalue weighted by molar-refractivity contribution is 5.83. The molecule has 0 bridgehead atoms. The highest BCUT2D eigenvalue weighted by Crippen LogP contribution is 2.21. The van der Waals surface area contributed by atoms with E-state index in [0.29, 0.717) is 12.5 Å². The molecule has 3 heteroatoms. The molecular formula is C21H30O3. The van der Waals surface area contributed by atoms with Crippen LogP contribution in [0.4, 0.5) is 0 Å². The summed E-state index contributed by atoms with van der Waals surface area (Å²) in [7, 11) is 0. The summed E-state index contributed by atoms with van der Waals surface area (Å²) < 4.78 is 10.4. The molecule has 24 heavy (non-hydrogen) atoms. The topological polar surface area (TPSA) is 35.5 Å². The van der Waals surface area contributed by atoms with Crippen LogP contribution >= 0.6 is 0 Å². The fourth-order valence-electron chi connectivity index (χ4n) is 2.18. The Morgan fingerprint density at radius 3 is 2.54 bits per heavy atom. The third-order valence-corrected chi connectivity index (χ3v) is 3.58. The van der Waals surface area contributed by atoms with Crippen LogP contribution in [-0.4, -0.2) is 24.8 Å². The molecule has 0 fully saturated rings. The van der Waals surface area contributed by atoms with Crippen molar-refractivity contribution in [3.05, 3.63) is 23.8 Å². The molecule has 0 aromatic rings. The van der Waals surface area contributed by atoms with Crippen molar-refractivity contribution < 1.29 is 14.3 Å². The number of ether oxygens (including phenoxy) is 2. The van der Waals surface area contributed by atoms with E-state index in [1.165, 1.54) is 6.08 Å². The van der Waals surface area contributed by atoms with Crippen LogP contribution < -0.4 is 0 Å². The third-order valence-electron chi connectivity index (χ3n) is 3.58. The van der Waals surface area contributed by atoms with Gasteiger partial charge < -0.3 is 9.47 Å². The summed E-state index contributed by atoms with van der Waals surface area (Å²) in [4.78, 5) is 11.4. The van der Waals surface area contributed by atoms with Crippen molar-refractivity contribution in [1.29, 1.82) is 0 Å². The van der Waals surface area contributed by atoms with E-state index in [9.17, 15) is 4.79 Å². The van der Waals surface area contributed by atoms with E-state index in [4.69, 9.17) is 22.3 Å². The average molecular weight is 330 g/mol. The molecule has 0 aromatic heterocycles. The van der Waals surface area contributed by atoms with Gasteiger partial charge in [-0.15, -0.1) is 12.8 Å². The SMILES string of the molecule is C#CCOC(=O)C=C(C)C=CCC(C)CCCC(C)(C)OCC#C. The lowest BCUT2D eigenvalue weighted by Gasteiger charge is -2.24. The average Bonchev–Trinajstić information content (AvgIpc) is 2.50. The van der Waals surface area contributed by atoms with Crippen molar-refractivity contribution in [2.24, 2.45) is 5.92 Å². The maximum atomic E-state index is 11.4. The lowest BCUT2D eigenvalue weighted by molar-refractivity contribution is -0.136. The van der Waals surface area contributed by atoms with E-state index in [2.05, 4.69) is 38.7 Å². The van der Waals surface area contributed by atoms with Gasteiger partial charge in [-0.3, -0.25) is 0 Å². The molecule has 1 atom stereocenters. The Morgan fingerprint density at radius 2 is 1.92 bits per heavy atom. The monoisotopic (exact) mass is 330 g/mol. The fourth-order valence-corrected chi connectivity index (χ4v) is 2.18. The zero-order valence-electron chi connectivity index (χ0n) is 15.4. The minimum absolute atomic E-state index is 0.00473. The van der Waals surface area contributed by atoms with Crippen LogP contribution in [0.2, 0.25) is 0 Å². The van der Waals surface area contributed by atoms with E-state index in [0.717, 1.165) is 31.3 Å². The molecule has 0 spiro atoms. The van der Waals surface area contributed by atoms with E-state index in [-0.39, 0.29) is 12.2 Å². The van der Waals surface area contributed by atoms with E-state index >= 15 is 0 Å². The zero-order chi connectivity index (χ0) is 18.4. The number of carbonyl (C=O) groups excluding carboxylic acids is 1. The van der Waals surface area contributed by atoms with Crippen molar-refractivity contribution in [3.63, 3.8) is 0 Å². The van der Waals surface area contributed by atoms with Gasteiger partial charge in [0.2, 0.25) is 0 Å². The summed E-state index contributed by atoms with van der Waals surface area (Å²) in [5.74, 6) is 4.94. The Balaban J connectivity index is 4.06. The van der Waals surface area contributed by atoms with E-state index in [1.54, 1.807) is 0 Å². The first-order valence-electron chi connectivity index (χ1n) is 8.33. The Labute approximate surface area is 147 Å². The number of hydrogen-bond donors (Lipinski definition) is 0. The molecular weight excluding hydrogens is 300 g/mol. The Hall–Kier alpha value is -1.97. The zero-order valence-corrected chi connectivity index (χ0v) is 15.4. The molecule has 0 heterocycles. The maximum Gasteiger partial charge on any atom is 0.331 e. The smallest absolute Gasteiger partial charge is 0.331 e. The molecule has 0 rings (SSSR count). The van der Waals surface area contributed by atoms with Gasteiger partial charge in [-0.25, -0.2) is 4.79 Å². The standard InChI is InChI=1S/C21H30O3/c1-7-15-23-20(22)17-19(4)12-9-11-18(3)13-10-14-21(5,6)24-16-8-2/h1-2,9,12,17-18H,10-11,13-16H2,3-6H3. The summed E-state index contributed by atoms with van der Waals surface area (Å²) in [5.41, 5.74) is 0.688. The number of allylic oxidation sites excluding steroid dienone is 3. The first-order chi connectivity index (χ1) is 11.3. The maximum absolute atomic E-state index is 11.4. The Morgan fingerprint density at radius 1 is 1.25 bits per heavy atom. The van der Waals surface area contributed by atoms with Crippen LogP contribution in [0.15, 0.2) is 23.8 Å². The van der Waals surface area contributed by atoms with Gasteiger partial charge in [-0.1, -0.05) is 43.8 Å². The molecule has 0 aromatic carbocycles. The molecule has 0 aliphatic heterocycles. The first-order valence-corrected chi connectivity index (χ1v) is 8.33. The van der Waals surface area contributed by atoms with Crippen LogP contribution in [0, 0.1) is 30.6 Å². The normalized spacial score (nSPS) is 13.3. The van der Waals surface area contributed by atoms with Crippen molar-refractivity contribution >= 4 is 5.97 Å². The molecule has 0 radical (unpaired) electrons. The predicted octanol–water partition coefficient (Wildman–Crippen LogP) is 4.29.